The van der Waals surface area contributed by atoms with Gasteiger partial charge in [-0.25, -0.2) is 4.98 Å². The van der Waals surface area contributed by atoms with Crippen LogP contribution in [-0.4, -0.2) is 18.1 Å². The first-order chi connectivity index (χ1) is 8.70. The van der Waals surface area contributed by atoms with E-state index in [1.807, 2.05) is 6.07 Å². The van der Waals surface area contributed by atoms with Crippen molar-refractivity contribution in [2.24, 2.45) is 0 Å². The van der Waals surface area contributed by atoms with E-state index in [2.05, 4.69) is 23.0 Å². The smallest absolute Gasteiger partial charge is 0.132 e. The first-order valence-electron chi connectivity index (χ1n) is 6.51. The van der Waals surface area contributed by atoms with E-state index in [4.69, 9.17) is 16.9 Å². The Hall–Kier alpha value is -1.27. The highest BCUT2D eigenvalue weighted by molar-refractivity contribution is 6.29. The van der Waals surface area contributed by atoms with Crippen molar-refractivity contribution in [2.75, 3.05) is 11.9 Å². The molecule has 96 valence electrons. The Morgan fingerprint density at radius 3 is 2.56 bits per heavy atom. The maximum absolute atomic E-state index is 8.97. The highest BCUT2D eigenvalue weighted by Crippen LogP contribution is 2.25. The first-order valence-corrected chi connectivity index (χ1v) is 6.89. The number of pyridine rings is 1. The van der Waals surface area contributed by atoms with Crippen LogP contribution in [0, 0.1) is 11.3 Å². The number of nitriles is 1. The molecular formula is C14H18ClN3. The number of halogens is 1. The van der Waals surface area contributed by atoms with E-state index in [-0.39, 0.29) is 0 Å². The first kappa shape index (κ1) is 13.2. The van der Waals surface area contributed by atoms with Gasteiger partial charge in [-0.3, -0.25) is 0 Å². The molecule has 4 heteroatoms. The van der Waals surface area contributed by atoms with E-state index in [1.165, 1.54) is 38.5 Å². The van der Waals surface area contributed by atoms with Crippen molar-refractivity contribution in [1.29, 1.82) is 5.26 Å². The molecule has 0 aromatic carbocycles. The maximum atomic E-state index is 8.97. The van der Waals surface area contributed by atoms with Gasteiger partial charge in [0.25, 0.3) is 0 Å². The molecule has 1 saturated carbocycles. The third-order valence-corrected chi connectivity index (χ3v) is 3.84. The summed E-state index contributed by atoms with van der Waals surface area (Å²) in [6.07, 6.45) is 7.62. The highest BCUT2D eigenvalue weighted by Gasteiger charge is 2.18. The van der Waals surface area contributed by atoms with Crippen molar-refractivity contribution >= 4 is 17.4 Å². The molecule has 1 aromatic heterocycles. The van der Waals surface area contributed by atoms with Crippen LogP contribution in [0.2, 0.25) is 5.15 Å². The summed E-state index contributed by atoms with van der Waals surface area (Å²) in [7, 11) is 2.05. The molecule has 0 amide bonds. The second-order valence-electron chi connectivity index (χ2n) is 4.90. The van der Waals surface area contributed by atoms with Crippen molar-refractivity contribution < 1.29 is 0 Å². The minimum Gasteiger partial charge on any atom is -0.357 e. The van der Waals surface area contributed by atoms with Gasteiger partial charge in [0.2, 0.25) is 0 Å². The summed E-state index contributed by atoms with van der Waals surface area (Å²) >= 11 is 5.96. The van der Waals surface area contributed by atoms with Gasteiger partial charge in [-0.1, -0.05) is 37.3 Å². The van der Waals surface area contributed by atoms with Crippen molar-refractivity contribution in [3.8, 4) is 6.07 Å². The molecule has 18 heavy (non-hydrogen) atoms. The van der Waals surface area contributed by atoms with Crippen LogP contribution in [0.1, 0.15) is 44.1 Å². The largest absolute Gasteiger partial charge is 0.357 e. The minimum atomic E-state index is 0.393. The Labute approximate surface area is 113 Å². The van der Waals surface area contributed by atoms with Gasteiger partial charge in [-0.2, -0.15) is 5.26 Å². The molecule has 1 fully saturated rings. The highest BCUT2D eigenvalue weighted by atomic mass is 35.5. The fourth-order valence-electron chi connectivity index (χ4n) is 2.56. The maximum Gasteiger partial charge on any atom is 0.132 e. The second kappa shape index (κ2) is 6.06. The fourth-order valence-corrected chi connectivity index (χ4v) is 2.76. The zero-order valence-corrected chi connectivity index (χ0v) is 11.5. The average Bonchev–Trinajstić information content (AvgIpc) is 2.65. The van der Waals surface area contributed by atoms with E-state index in [0.29, 0.717) is 16.8 Å². The van der Waals surface area contributed by atoms with Crippen molar-refractivity contribution in [2.45, 2.75) is 44.6 Å². The van der Waals surface area contributed by atoms with Crippen molar-refractivity contribution in [3.05, 3.63) is 22.8 Å². The standard InChI is InChI=1S/C14H18ClN3/c1-18(12-6-4-2-3-5-7-12)14-9-11(10-16)8-13(15)17-14/h8-9,12H,2-7H2,1H3. The quantitative estimate of drug-likeness (QED) is 0.602. The van der Waals surface area contributed by atoms with E-state index in [1.54, 1.807) is 6.07 Å². The molecule has 1 aliphatic rings. The Balaban J connectivity index is 2.19. The van der Waals surface area contributed by atoms with E-state index < -0.39 is 0 Å². The minimum absolute atomic E-state index is 0.393. The van der Waals surface area contributed by atoms with Crippen LogP contribution >= 0.6 is 11.6 Å². The van der Waals surface area contributed by atoms with E-state index in [9.17, 15) is 0 Å². The molecule has 0 bridgehead atoms. The summed E-state index contributed by atoms with van der Waals surface area (Å²) in [6, 6.07) is 6.07. The lowest BCUT2D eigenvalue weighted by atomic mass is 10.1. The summed E-state index contributed by atoms with van der Waals surface area (Å²) in [4.78, 5) is 6.51. The van der Waals surface area contributed by atoms with Gasteiger partial charge in [0.05, 0.1) is 11.6 Å². The molecule has 0 aliphatic heterocycles. The molecule has 0 radical (unpaired) electrons. The number of aromatic nitrogens is 1. The average molecular weight is 264 g/mol. The molecule has 1 heterocycles. The summed E-state index contributed by atoms with van der Waals surface area (Å²) in [5.74, 6) is 0.811. The third kappa shape index (κ3) is 3.14. The molecule has 0 unspecified atom stereocenters. The zero-order valence-electron chi connectivity index (χ0n) is 10.7. The number of rotatable bonds is 2. The molecule has 2 rings (SSSR count). The third-order valence-electron chi connectivity index (χ3n) is 3.64. The van der Waals surface area contributed by atoms with Crippen molar-refractivity contribution in [3.63, 3.8) is 0 Å². The van der Waals surface area contributed by atoms with Crippen LogP contribution in [0.5, 0.6) is 0 Å². The lowest BCUT2D eigenvalue weighted by Crippen LogP contribution is -2.31. The zero-order chi connectivity index (χ0) is 13.0. The summed E-state index contributed by atoms with van der Waals surface area (Å²) < 4.78 is 0. The van der Waals surface area contributed by atoms with Crippen LogP contribution < -0.4 is 4.90 Å². The number of hydrogen-bond acceptors (Lipinski definition) is 3. The number of anilines is 1. The van der Waals surface area contributed by atoms with Gasteiger partial charge >= 0.3 is 0 Å². The number of hydrogen-bond donors (Lipinski definition) is 0. The van der Waals surface area contributed by atoms with Crippen LogP contribution in [0.3, 0.4) is 0 Å². The van der Waals surface area contributed by atoms with Gasteiger partial charge in [0.1, 0.15) is 11.0 Å². The molecule has 1 aromatic rings. The Bertz CT molecular complexity index is 445. The van der Waals surface area contributed by atoms with Crippen LogP contribution in [0.4, 0.5) is 5.82 Å². The van der Waals surface area contributed by atoms with Gasteiger partial charge in [-0.05, 0) is 25.0 Å². The van der Waals surface area contributed by atoms with Gasteiger partial charge < -0.3 is 4.90 Å². The second-order valence-corrected chi connectivity index (χ2v) is 5.29. The lowest BCUT2D eigenvalue weighted by Gasteiger charge is -2.28. The summed E-state index contributed by atoms with van der Waals surface area (Å²) in [5.41, 5.74) is 0.575. The summed E-state index contributed by atoms with van der Waals surface area (Å²) in [5, 5.41) is 9.36. The lowest BCUT2D eigenvalue weighted by molar-refractivity contribution is 0.549. The number of nitrogens with zero attached hydrogens (tertiary/aromatic N) is 3. The molecule has 0 saturated heterocycles. The fraction of sp³-hybridized carbons (Fsp3) is 0.571. The monoisotopic (exact) mass is 263 g/mol. The Morgan fingerprint density at radius 2 is 1.94 bits per heavy atom. The summed E-state index contributed by atoms with van der Waals surface area (Å²) in [6.45, 7) is 0. The normalized spacial score (nSPS) is 16.9. The molecule has 0 atom stereocenters. The van der Waals surface area contributed by atoms with E-state index in [0.717, 1.165) is 5.82 Å². The van der Waals surface area contributed by atoms with E-state index >= 15 is 0 Å². The molecule has 0 spiro atoms. The molecule has 0 N–H and O–H groups in total. The molecule has 1 aliphatic carbocycles. The predicted octanol–water partition coefficient (Wildman–Crippen LogP) is 3.77. The van der Waals surface area contributed by atoms with Crippen LogP contribution in [0.15, 0.2) is 12.1 Å². The van der Waals surface area contributed by atoms with Gasteiger partial charge in [0, 0.05) is 13.1 Å². The van der Waals surface area contributed by atoms with Crippen LogP contribution in [-0.2, 0) is 0 Å². The van der Waals surface area contributed by atoms with Crippen molar-refractivity contribution in [1.82, 2.24) is 4.98 Å². The Kier molecular flexibility index (Phi) is 4.43. The van der Waals surface area contributed by atoms with Crippen LogP contribution in [0.25, 0.3) is 0 Å². The predicted molar refractivity (Wildman–Crippen MR) is 73.9 cm³/mol. The van der Waals surface area contributed by atoms with Gasteiger partial charge in [0.15, 0.2) is 0 Å². The molecule has 3 nitrogen and oxygen atoms in total. The topological polar surface area (TPSA) is 39.9 Å². The van der Waals surface area contributed by atoms with Gasteiger partial charge in [-0.15, -0.1) is 0 Å². The Morgan fingerprint density at radius 1 is 1.28 bits per heavy atom. The molecular weight excluding hydrogens is 246 g/mol. The SMILES string of the molecule is CN(c1cc(C#N)cc(Cl)n1)C1CCCCCC1.